The maximum Gasteiger partial charge on any atom is 0.146 e. The molecule has 0 saturated heterocycles. The van der Waals surface area contributed by atoms with Crippen LogP contribution in [0.3, 0.4) is 0 Å². The predicted molar refractivity (Wildman–Crippen MR) is 63.7 cm³/mol. The zero-order valence-electron chi connectivity index (χ0n) is 9.97. The Kier molecular flexibility index (Phi) is 4.13. The Balaban J connectivity index is 2.85. The summed E-state index contributed by atoms with van der Waals surface area (Å²) >= 11 is 0. The third kappa shape index (κ3) is 3.90. The Bertz CT molecular complexity index is 318. The molecule has 0 fully saturated rings. The van der Waals surface area contributed by atoms with E-state index in [9.17, 15) is 4.39 Å². The van der Waals surface area contributed by atoms with Gasteiger partial charge in [0, 0.05) is 6.04 Å². The monoisotopic (exact) mass is 209 g/mol. The van der Waals surface area contributed by atoms with Crippen molar-refractivity contribution in [3.05, 3.63) is 29.6 Å². The highest BCUT2D eigenvalue weighted by Gasteiger charge is 2.05. The second-order valence-corrected chi connectivity index (χ2v) is 4.71. The first kappa shape index (κ1) is 12.0. The SMILES string of the molecule is CC(C)Cc1ccc(F)c(NC(C)C)c1. The van der Waals surface area contributed by atoms with E-state index in [0.29, 0.717) is 11.6 Å². The Morgan fingerprint density at radius 2 is 1.87 bits per heavy atom. The zero-order valence-corrected chi connectivity index (χ0v) is 9.97. The highest BCUT2D eigenvalue weighted by atomic mass is 19.1. The lowest BCUT2D eigenvalue weighted by Crippen LogP contribution is -2.11. The van der Waals surface area contributed by atoms with E-state index < -0.39 is 0 Å². The number of hydrogen-bond acceptors (Lipinski definition) is 1. The van der Waals surface area contributed by atoms with Crippen molar-refractivity contribution < 1.29 is 4.39 Å². The van der Waals surface area contributed by atoms with Gasteiger partial charge in [-0.1, -0.05) is 19.9 Å². The average molecular weight is 209 g/mol. The second kappa shape index (κ2) is 5.15. The van der Waals surface area contributed by atoms with Crippen LogP contribution in [0.2, 0.25) is 0 Å². The van der Waals surface area contributed by atoms with Gasteiger partial charge in [-0.3, -0.25) is 0 Å². The molecular weight excluding hydrogens is 189 g/mol. The Hall–Kier alpha value is -1.05. The lowest BCUT2D eigenvalue weighted by atomic mass is 10.0. The molecule has 0 atom stereocenters. The Morgan fingerprint density at radius 3 is 2.40 bits per heavy atom. The molecule has 1 aromatic rings. The fourth-order valence-electron chi connectivity index (χ4n) is 1.59. The topological polar surface area (TPSA) is 12.0 Å². The molecule has 0 aliphatic carbocycles. The van der Waals surface area contributed by atoms with Crippen LogP contribution in [0, 0.1) is 11.7 Å². The van der Waals surface area contributed by atoms with Gasteiger partial charge in [-0.15, -0.1) is 0 Å². The lowest BCUT2D eigenvalue weighted by Gasteiger charge is -2.13. The molecule has 0 unspecified atom stereocenters. The quantitative estimate of drug-likeness (QED) is 0.794. The minimum Gasteiger partial charge on any atom is -0.380 e. The number of nitrogens with one attached hydrogen (secondary N) is 1. The van der Waals surface area contributed by atoms with Gasteiger partial charge in [0.2, 0.25) is 0 Å². The van der Waals surface area contributed by atoms with Crippen LogP contribution in [0.4, 0.5) is 10.1 Å². The van der Waals surface area contributed by atoms with E-state index in [-0.39, 0.29) is 11.9 Å². The van der Waals surface area contributed by atoms with Crippen molar-refractivity contribution in [3.8, 4) is 0 Å². The van der Waals surface area contributed by atoms with E-state index in [1.54, 1.807) is 6.07 Å². The van der Waals surface area contributed by atoms with E-state index in [0.717, 1.165) is 6.42 Å². The molecule has 84 valence electrons. The average Bonchev–Trinajstić information content (AvgIpc) is 2.09. The number of benzene rings is 1. The van der Waals surface area contributed by atoms with Crippen molar-refractivity contribution >= 4 is 5.69 Å². The summed E-state index contributed by atoms with van der Waals surface area (Å²) in [5.41, 5.74) is 1.80. The number of rotatable bonds is 4. The predicted octanol–water partition coefficient (Wildman–Crippen LogP) is 3.84. The van der Waals surface area contributed by atoms with Gasteiger partial charge in [0.15, 0.2) is 0 Å². The van der Waals surface area contributed by atoms with Gasteiger partial charge in [-0.2, -0.15) is 0 Å². The van der Waals surface area contributed by atoms with Gasteiger partial charge in [-0.05, 0) is 43.9 Å². The molecule has 1 nitrogen and oxygen atoms in total. The van der Waals surface area contributed by atoms with Gasteiger partial charge in [0.25, 0.3) is 0 Å². The minimum absolute atomic E-state index is 0.170. The summed E-state index contributed by atoms with van der Waals surface area (Å²) < 4.78 is 13.4. The maximum absolute atomic E-state index is 13.4. The first-order chi connectivity index (χ1) is 6.99. The molecule has 1 N–H and O–H groups in total. The number of hydrogen-bond donors (Lipinski definition) is 1. The minimum atomic E-state index is -0.170. The first-order valence-corrected chi connectivity index (χ1v) is 5.54. The fourth-order valence-corrected chi connectivity index (χ4v) is 1.59. The summed E-state index contributed by atoms with van der Waals surface area (Å²) in [5.74, 6) is 0.429. The molecule has 0 bridgehead atoms. The van der Waals surface area contributed by atoms with Crippen LogP contribution in [0.25, 0.3) is 0 Å². The molecule has 1 aromatic carbocycles. The lowest BCUT2D eigenvalue weighted by molar-refractivity contribution is 0.620. The summed E-state index contributed by atoms with van der Waals surface area (Å²) in [6, 6.07) is 5.58. The van der Waals surface area contributed by atoms with Gasteiger partial charge in [0.1, 0.15) is 5.82 Å². The molecule has 0 aliphatic rings. The molecule has 0 saturated carbocycles. The van der Waals surface area contributed by atoms with Crippen molar-refractivity contribution in [2.24, 2.45) is 5.92 Å². The molecule has 0 heterocycles. The van der Waals surface area contributed by atoms with E-state index in [4.69, 9.17) is 0 Å². The molecule has 0 spiro atoms. The van der Waals surface area contributed by atoms with E-state index in [1.165, 1.54) is 5.56 Å². The third-order valence-electron chi connectivity index (χ3n) is 2.12. The van der Waals surface area contributed by atoms with E-state index in [1.807, 2.05) is 26.0 Å². The van der Waals surface area contributed by atoms with Crippen molar-refractivity contribution in [2.75, 3.05) is 5.32 Å². The Morgan fingerprint density at radius 1 is 1.20 bits per heavy atom. The van der Waals surface area contributed by atoms with Crippen molar-refractivity contribution in [1.29, 1.82) is 0 Å². The van der Waals surface area contributed by atoms with Crippen molar-refractivity contribution in [3.63, 3.8) is 0 Å². The van der Waals surface area contributed by atoms with Gasteiger partial charge >= 0.3 is 0 Å². The van der Waals surface area contributed by atoms with Crippen LogP contribution >= 0.6 is 0 Å². The smallest absolute Gasteiger partial charge is 0.146 e. The van der Waals surface area contributed by atoms with Crippen molar-refractivity contribution in [1.82, 2.24) is 0 Å². The molecule has 0 aromatic heterocycles. The molecular formula is C13H20FN. The zero-order chi connectivity index (χ0) is 11.4. The standard InChI is InChI=1S/C13H20FN/c1-9(2)7-11-5-6-12(14)13(8-11)15-10(3)4/h5-6,8-10,15H,7H2,1-4H3. The van der Waals surface area contributed by atoms with Crippen LogP contribution in [-0.2, 0) is 6.42 Å². The molecule has 0 amide bonds. The maximum atomic E-state index is 13.4. The van der Waals surface area contributed by atoms with E-state index >= 15 is 0 Å². The van der Waals surface area contributed by atoms with Crippen LogP contribution in [0.1, 0.15) is 33.3 Å². The molecule has 1 rings (SSSR count). The molecule has 0 aliphatic heterocycles. The van der Waals surface area contributed by atoms with E-state index in [2.05, 4.69) is 19.2 Å². The highest BCUT2D eigenvalue weighted by Crippen LogP contribution is 2.19. The normalized spacial score (nSPS) is 11.1. The molecule has 2 heteroatoms. The van der Waals surface area contributed by atoms with Crippen LogP contribution in [0.15, 0.2) is 18.2 Å². The molecule has 0 radical (unpaired) electrons. The van der Waals surface area contributed by atoms with Crippen molar-refractivity contribution in [2.45, 2.75) is 40.2 Å². The summed E-state index contributed by atoms with van der Waals surface area (Å²) in [6.07, 6.45) is 0.993. The summed E-state index contributed by atoms with van der Waals surface area (Å²) in [7, 11) is 0. The number of anilines is 1. The Labute approximate surface area is 91.7 Å². The van der Waals surface area contributed by atoms with Gasteiger partial charge in [-0.25, -0.2) is 4.39 Å². The fraction of sp³-hybridized carbons (Fsp3) is 0.538. The summed E-state index contributed by atoms with van der Waals surface area (Å²) in [6.45, 7) is 8.35. The number of halogens is 1. The van der Waals surface area contributed by atoms with Crippen LogP contribution in [0.5, 0.6) is 0 Å². The third-order valence-corrected chi connectivity index (χ3v) is 2.12. The highest BCUT2D eigenvalue weighted by molar-refractivity contribution is 5.47. The second-order valence-electron chi connectivity index (χ2n) is 4.71. The van der Waals surface area contributed by atoms with Gasteiger partial charge < -0.3 is 5.32 Å². The van der Waals surface area contributed by atoms with Crippen LogP contribution in [-0.4, -0.2) is 6.04 Å². The van der Waals surface area contributed by atoms with Crippen LogP contribution < -0.4 is 5.32 Å². The summed E-state index contributed by atoms with van der Waals surface area (Å²) in [4.78, 5) is 0. The molecule has 15 heavy (non-hydrogen) atoms. The summed E-state index contributed by atoms with van der Waals surface area (Å²) in [5, 5.41) is 3.11. The van der Waals surface area contributed by atoms with Gasteiger partial charge in [0.05, 0.1) is 5.69 Å². The largest absolute Gasteiger partial charge is 0.380 e. The first-order valence-electron chi connectivity index (χ1n) is 5.54.